The van der Waals surface area contributed by atoms with Crippen LogP contribution in [0.1, 0.15) is 43.7 Å². The molecule has 0 aromatic heterocycles. The molecule has 1 saturated heterocycles. The van der Waals surface area contributed by atoms with Gasteiger partial charge in [0, 0.05) is 18.8 Å². The summed E-state index contributed by atoms with van der Waals surface area (Å²) < 4.78 is 74.7. The van der Waals surface area contributed by atoms with E-state index in [2.05, 4.69) is 85.9 Å². The van der Waals surface area contributed by atoms with Gasteiger partial charge in [0.05, 0.1) is 12.0 Å². The molecular weight excluding hydrogens is 620 g/mol. The average molecular weight is 664 g/mol. The zero-order valence-electron chi connectivity index (χ0n) is 26.7. The van der Waals surface area contributed by atoms with Crippen molar-refractivity contribution in [2.75, 3.05) is 19.6 Å². The number of fused-ring (bicyclic) bond motifs is 1. The Balaban J connectivity index is 0.000000420. The van der Waals surface area contributed by atoms with Crippen LogP contribution in [0, 0.1) is 12.3 Å². The Morgan fingerprint density at radius 1 is 1.02 bits per heavy atom. The minimum absolute atomic E-state index is 0.0731. The molecule has 0 aliphatic carbocycles. The molecule has 2 aromatic rings. The number of hydrogen-bond acceptors (Lipinski definition) is 4. The van der Waals surface area contributed by atoms with Crippen LogP contribution in [0.25, 0.3) is 16.3 Å². The van der Waals surface area contributed by atoms with E-state index in [1.165, 1.54) is 40.6 Å². The molecule has 0 radical (unpaired) electrons. The molecule has 2 heterocycles. The zero-order chi connectivity index (χ0) is 35.7. The molecule has 0 amide bonds. The Labute approximate surface area is 272 Å². The lowest BCUT2D eigenvalue weighted by Crippen LogP contribution is -2.49. The molecule has 0 bridgehead atoms. The van der Waals surface area contributed by atoms with Gasteiger partial charge in [-0.1, -0.05) is 81.3 Å². The Kier molecular flexibility index (Phi) is 16.7. The molecule has 0 spiro atoms. The van der Waals surface area contributed by atoms with E-state index in [0.717, 1.165) is 22.5 Å². The number of benzene rings is 2. The monoisotopic (exact) mass is 663 g/mol. The van der Waals surface area contributed by atoms with Gasteiger partial charge in [0.2, 0.25) is 0 Å². The summed E-state index contributed by atoms with van der Waals surface area (Å²) in [4.78, 5) is 13.8. The van der Waals surface area contributed by atoms with Crippen molar-refractivity contribution in [2.45, 2.75) is 51.9 Å². The number of carbonyl (C=O) groups is 1. The van der Waals surface area contributed by atoms with Crippen LogP contribution < -0.4 is 5.73 Å². The summed E-state index contributed by atoms with van der Waals surface area (Å²) in [5.41, 5.74) is 8.51. The van der Waals surface area contributed by atoms with Crippen LogP contribution in [-0.4, -0.2) is 54.7 Å². The van der Waals surface area contributed by atoms with Crippen LogP contribution in [0.2, 0.25) is 0 Å². The Bertz CT molecular complexity index is 1460. The van der Waals surface area contributed by atoms with Gasteiger partial charge in [0.1, 0.15) is 0 Å². The normalized spacial score (nSPS) is 19.4. The fourth-order valence-electron chi connectivity index (χ4n) is 5.18. The number of nitrogens with two attached hydrogens (primary N) is 1. The van der Waals surface area contributed by atoms with Crippen molar-refractivity contribution in [1.29, 1.82) is 0 Å². The van der Waals surface area contributed by atoms with E-state index in [0.29, 0.717) is 0 Å². The van der Waals surface area contributed by atoms with E-state index < -0.39 is 24.3 Å². The molecule has 256 valence electrons. The largest absolute Gasteiger partial charge is 0.483 e. The highest BCUT2D eigenvalue weighted by Gasteiger charge is 2.54. The number of allylic oxidation sites excluding steroid dienone is 7. The van der Waals surface area contributed by atoms with E-state index in [-0.39, 0.29) is 38.8 Å². The number of piperidine rings is 1. The number of aliphatic imine (C=N–C) groups is 1. The molecule has 0 saturated carbocycles. The van der Waals surface area contributed by atoms with Gasteiger partial charge in [-0.2, -0.15) is 26.3 Å². The molecule has 1 fully saturated rings. The molecule has 11 heteroatoms. The van der Waals surface area contributed by atoms with Crippen molar-refractivity contribution >= 4 is 29.0 Å². The lowest BCUT2D eigenvalue weighted by atomic mass is 9.75. The number of rotatable bonds is 4. The number of alkyl halides is 6. The summed E-state index contributed by atoms with van der Waals surface area (Å²) in [7, 11) is 0. The molecule has 0 unspecified atom stereocenters. The predicted octanol–water partition coefficient (Wildman–Crippen LogP) is 9.58. The van der Waals surface area contributed by atoms with Gasteiger partial charge >= 0.3 is 12.4 Å². The van der Waals surface area contributed by atoms with E-state index >= 15 is 0 Å². The number of hydrogen-bond donors (Lipinski definition) is 2. The van der Waals surface area contributed by atoms with E-state index in [1.54, 1.807) is 6.20 Å². The first-order chi connectivity index (χ1) is 22.1. The maximum Gasteiger partial charge on any atom is 0.401 e. The Hall–Kier alpha value is -4.38. The second-order valence-corrected chi connectivity index (χ2v) is 10.7. The molecule has 47 heavy (non-hydrogen) atoms. The number of likely N-dealkylation sites (tertiary alicyclic amines) is 1. The third-order valence-corrected chi connectivity index (χ3v) is 7.81. The minimum Gasteiger partial charge on any atom is -0.483 e. The van der Waals surface area contributed by atoms with Crippen LogP contribution >= 0.6 is 0 Å². The molecular formula is C36H43F6N3O2. The third kappa shape index (κ3) is 12.7. The lowest BCUT2D eigenvalue weighted by Gasteiger charge is -2.42. The number of aryl methyl sites for hydroxylation is 1. The standard InChI is InChI=1S/C23H21N.C10H15F6N.C2H5N.CH2O2/c1-4-19-11-12-20(14-16-24-15-13-17(19)2)22-9-6-8-21-18(3)7-5-10-23(21)22;1-2-8(10(14,15)16)3-5-17(6-4-8)7-9(11,12)13;1-2-3;2-1-3/h4-13,15-16H,1-2,14H2,3H3;2-7H2,1H3;2H,1,3H2;1H,(H,2,3)/b15-13-,19-11-,20-12+,24-16?;;;. The zero-order valence-corrected chi connectivity index (χ0v) is 26.7. The van der Waals surface area contributed by atoms with Gasteiger partial charge in [-0.05, 0) is 90.2 Å². The van der Waals surface area contributed by atoms with Crippen molar-refractivity contribution in [2.24, 2.45) is 16.1 Å². The van der Waals surface area contributed by atoms with Crippen LogP contribution in [-0.2, 0) is 4.79 Å². The van der Waals surface area contributed by atoms with E-state index in [4.69, 9.17) is 9.90 Å². The van der Waals surface area contributed by atoms with Gasteiger partial charge in [-0.15, -0.1) is 0 Å². The quantitative estimate of drug-likeness (QED) is 0.252. The van der Waals surface area contributed by atoms with Crippen molar-refractivity contribution in [3.8, 4) is 0 Å². The minimum atomic E-state index is -4.34. The summed E-state index contributed by atoms with van der Waals surface area (Å²) in [5.74, 6) is 0. The highest BCUT2D eigenvalue weighted by molar-refractivity contribution is 5.98. The third-order valence-electron chi connectivity index (χ3n) is 7.81. The second-order valence-electron chi connectivity index (χ2n) is 10.7. The van der Waals surface area contributed by atoms with Crippen molar-refractivity contribution < 1.29 is 36.2 Å². The van der Waals surface area contributed by atoms with Gasteiger partial charge < -0.3 is 10.8 Å². The van der Waals surface area contributed by atoms with Gasteiger partial charge in [-0.25, -0.2) is 0 Å². The second kappa shape index (κ2) is 19.3. The maximum atomic E-state index is 12.8. The molecule has 2 aliphatic heterocycles. The molecule has 3 N–H and O–H groups in total. The first-order valence-corrected chi connectivity index (χ1v) is 14.8. The predicted molar refractivity (Wildman–Crippen MR) is 180 cm³/mol. The molecule has 4 rings (SSSR count). The van der Waals surface area contributed by atoms with E-state index in [9.17, 15) is 26.3 Å². The fraction of sp³-hybridized carbons (Fsp3) is 0.333. The molecule has 2 aliphatic rings. The topological polar surface area (TPSA) is 78.9 Å². The van der Waals surface area contributed by atoms with Crippen molar-refractivity contribution in [1.82, 2.24) is 4.90 Å². The SMILES string of the molecule is C=C/C1=C/C=C(/c2cccc3c(C)cccc23)CC=N/C=C\C1=C.C=CN.CCC1(C(F)(F)F)CCN(CC(F)(F)F)CC1.O=CO. The smallest absolute Gasteiger partial charge is 0.401 e. The van der Waals surface area contributed by atoms with Gasteiger partial charge in [0.15, 0.2) is 0 Å². The number of carboxylic acid groups (broad SMARTS) is 1. The van der Waals surface area contributed by atoms with Crippen LogP contribution in [0.3, 0.4) is 0 Å². The van der Waals surface area contributed by atoms with Crippen molar-refractivity contribution in [3.05, 3.63) is 115 Å². The van der Waals surface area contributed by atoms with Crippen LogP contribution in [0.5, 0.6) is 0 Å². The maximum absolute atomic E-state index is 12.8. The molecule has 0 atom stereocenters. The highest BCUT2D eigenvalue weighted by atomic mass is 19.4. The number of nitrogens with zero attached hydrogens (tertiary/aromatic N) is 2. The first kappa shape index (κ1) is 40.6. The number of halogens is 6. The summed E-state index contributed by atoms with van der Waals surface area (Å²) in [5, 5.41) is 9.46. The fourth-order valence-corrected chi connectivity index (χ4v) is 5.18. The summed E-state index contributed by atoms with van der Waals surface area (Å²) in [6, 6.07) is 12.9. The van der Waals surface area contributed by atoms with E-state index in [1.807, 2.05) is 18.4 Å². The highest BCUT2D eigenvalue weighted by Crippen LogP contribution is 2.48. The van der Waals surface area contributed by atoms with Crippen LogP contribution in [0.15, 0.2) is 109 Å². The van der Waals surface area contributed by atoms with Crippen LogP contribution in [0.4, 0.5) is 26.3 Å². The molecule has 2 aromatic carbocycles. The Morgan fingerprint density at radius 3 is 2.13 bits per heavy atom. The average Bonchev–Trinajstić information content (AvgIpc) is 3.00. The summed E-state index contributed by atoms with van der Waals surface area (Å²) in [6.45, 7) is 13.0. The molecule has 5 nitrogen and oxygen atoms in total. The lowest BCUT2D eigenvalue weighted by molar-refractivity contribution is -0.242. The first-order valence-electron chi connectivity index (χ1n) is 14.8. The van der Waals surface area contributed by atoms with Gasteiger partial charge in [-0.3, -0.25) is 14.7 Å². The Morgan fingerprint density at radius 2 is 1.60 bits per heavy atom. The summed E-state index contributed by atoms with van der Waals surface area (Å²) >= 11 is 0. The van der Waals surface area contributed by atoms with Crippen molar-refractivity contribution in [3.63, 3.8) is 0 Å². The van der Waals surface area contributed by atoms with Gasteiger partial charge in [0.25, 0.3) is 6.47 Å². The summed E-state index contributed by atoms with van der Waals surface area (Å²) in [6.07, 6.45) is 4.51.